The topological polar surface area (TPSA) is 54.4 Å². The number of benzene rings is 2. The summed E-state index contributed by atoms with van der Waals surface area (Å²) in [6.45, 7) is 6.12. The summed E-state index contributed by atoms with van der Waals surface area (Å²) in [6.07, 6.45) is 1.34. The van der Waals surface area contributed by atoms with Crippen LogP contribution in [0.2, 0.25) is 0 Å². The van der Waals surface area contributed by atoms with Crippen molar-refractivity contribution in [2.24, 2.45) is 0 Å². The maximum absolute atomic E-state index is 10.2. The molecule has 3 heteroatoms. The quantitative estimate of drug-likeness (QED) is 0.862. The standard InChI is InChI=1S/C10H14O.C8H6O2/c1-7(2)9-5-4-8(3)6-10(9)11;9-5-7-3-1-2-4-8(7)6-10/h4-7,11H,1-3H3;1-6H. The Bertz CT molecular complexity index is 589. The van der Waals surface area contributed by atoms with Gasteiger partial charge in [0.05, 0.1) is 0 Å². The molecule has 0 radical (unpaired) electrons. The minimum Gasteiger partial charge on any atom is -0.508 e. The van der Waals surface area contributed by atoms with E-state index in [0.29, 0.717) is 35.4 Å². The first-order valence-electron chi connectivity index (χ1n) is 6.78. The summed E-state index contributed by atoms with van der Waals surface area (Å²) < 4.78 is 0. The zero-order valence-corrected chi connectivity index (χ0v) is 12.5. The lowest BCUT2D eigenvalue weighted by Crippen LogP contribution is -1.87. The molecule has 2 rings (SSSR count). The van der Waals surface area contributed by atoms with E-state index in [4.69, 9.17) is 0 Å². The van der Waals surface area contributed by atoms with Gasteiger partial charge in [0.1, 0.15) is 5.75 Å². The highest BCUT2D eigenvalue weighted by Gasteiger charge is 2.03. The summed E-state index contributed by atoms with van der Waals surface area (Å²) in [7, 11) is 0. The van der Waals surface area contributed by atoms with E-state index in [-0.39, 0.29) is 0 Å². The third-order valence-electron chi connectivity index (χ3n) is 3.06. The first kappa shape index (κ1) is 16.6. The van der Waals surface area contributed by atoms with Crippen LogP contribution in [0, 0.1) is 6.92 Å². The Hall–Kier alpha value is -2.42. The van der Waals surface area contributed by atoms with E-state index >= 15 is 0 Å². The summed E-state index contributed by atoms with van der Waals surface area (Å²) in [6, 6.07) is 12.5. The molecule has 2 aromatic carbocycles. The number of phenolic OH excluding ortho intramolecular Hbond substituents is 1. The Kier molecular flexibility index (Phi) is 6.34. The van der Waals surface area contributed by atoms with Crippen LogP contribution in [0.5, 0.6) is 5.75 Å². The number of rotatable bonds is 3. The van der Waals surface area contributed by atoms with E-state index in [1.165, 1.54) is 0 Å². The van der Waals surface area contributed by atoms with Gasteiger partial charge in [-0.25, -0.2) is 0 Å². The molecule has 0 atom stereocenters. The molecular formula is C18H20O3. The van der Waals surface area contributed by atoms with Crippen LogP contribution < -0.4 is 0 Å². The molecular weight excluding hydrogens is 264 g/mol. The molecule has 0 aliphatic heterocycles. The van der Waals surface area contributed by atoms with Crippen molar-refractivity contribution in [1.29, 1.82) is 0 Å². The van der Waals surface area contributed by atoms with E-state index < -0.39 is 0 Å². The number of aromatic hydroxyl groups is 1. The normalized spacial score (nSPS) is 9.71. The van der Waals surface area contributed by atoms with Crippen LogP contribution in [0.1, 0.15) is 51.6 Å². The molecule has 0 aliphatic rings. The van der Waals surface area contributed by atoms with Gasteiger partial charge >= 0.3 is 0 Å². The van der Waals surface area contributed by atoms with Gasteiger partial charge in [-0.1, -0.05) is 50.2 Å². The molecule has 21 heavy (non-hydrogen) atoms. The van der Waals surface area contributed by atoms with Crippen molar-refractivity contribution in [2.45, 2.75) is 26.7 Å². The van der Waals surface area contributed by atoms with Crippen LogP contribution in [0.15, 0.2) is 42.5 Å². The molecule has 0 saturated carbocycles. The van der Waals surface area contributed by atoms with Crippen LogP contribution in [0.25, 0.3) is 0 Å². The molecule has 0 spiro atoms. The first-order chi connectivity index (χ1) is 9.99. The molecule has 0 unspecified atom stereocenters. The molecule has 0 fully saturated rings. The first-order valence-corrected chi connectivity index (χ1v) is 6.78. The lowest BCUT2D eigenvalue weighted by atomic mass is 10.0. The highest BCUT2D eigenvalue weighted by Crippen LogP contribution is 2.25. The van der Waals surface area contributed by atoms with Gasteiger partial charge in [-0.15, -0.1) is 0 Å². The molecule has 3 nitrogen and oxygen atoms in total. The predicted octanol–water partition coefficient (Wildman–Crippen LogP) is 4.14. The summed E-state index contributed by atoms with van der Waals surface area (Å²) >= 11 is 0. The Morgan fingerprint density at radius 2 is 1.48 bits per heavy atom. The van der Waals surface area contributed by atoms with Crippen molar-refractivity contribution in [3.63, 3.8) is 0 Å². The lowest BCUT2D eigenvalue weighted by Gasteiger charge is -2.07. The second kappa shape index (κ2) is 8.00. The highest BCUT2D eigenvalue weighted by atomic mass is 16.3. The molecule has 0 heterocycles. The molecule has 0 aromatic heterocycles. The fourth-order valence-corrected chi connectivity index (χ4v) is 1.87. The van der Waals surface area contributed by atoms with E-state index in [0.717, 1.165) is 11.1 Å². The summed E-state index contributed by atoms with van der Waals surface area (Å²) in [5.74, 6) is 0.815. The number of hydrogen-bond acceptors (Lipinski definition) is 3. The van der Waals surface area contributed by atoms with Crippen molar-refractivity contribution >= 4 is 12.6 Å². The number of carbonyl (C=O) groups excluding carboxylic acids is 2. The van der Waals surface area contributed by atoms with E-state index in [9.17, 15) is 14.7 Å². The molecule has 1 N–H and O–H groups in total. The maximum atomic E-state index is 10.2. The van der Waals surface area contributed by atoms with Crippen molar-refractivity contribution in [1.82, 2.24) is 0 Å². The van der Waals surface area contributed by atoms with Crippen molar-refractivity contribution < 1.29 is 14.7 Å². The largest absolute Gasteiger partial charge is 0.508 e. The van der Waals surface area contributed by atoms with Crippen molar-refractivity contribution in [2.75, 3.05) is 0 Å². The fraction of sp³-hybridized carbons (Fsp3) is 0.222. The summed E-state index contributed by atoms with van der Waals surface area (Å²) in [5.41, 5.74) is 3.01. The molecule has 110 valence electrons. The zero-order valence-electron chi connectivity index (χ0n) is 12.5. The monoisotopic (exact) mass is 284 g/mol. The van der Waals surface area contributed by atoms with Crippen LogP contribution in [-0.2, 0) is 0 Å². The van der Waals surface area contributed by atoms with Crippen LogP contribution in [0.4, 0.5) is 0 Å². The van der Waals surface area contributed by atoms with Gasteiger partial charge in [0.15, 0.2) is 12.6 Å². The molecule has 0 bridgehead atoms. The number of hydrogen-bond donors (Lipinski definition) is 1. The average Bonchev–Trinajstić information content (AvgIpc) is 2.47. The van der Waals surface area contributed by atoms with Gasteiger partial charge in [0, 0.05) is 11.1 Å². The second-order valence-corrected chi connectivity index (χ2v) is 5.08. The fourth-order valence-electron chi connectivity index (χ4n) is 1.87. The smallest absolute Gasteiger partial charge is 0.150 e. The van der Waals surface area contributed by atoms with Gasteiger partial charge in [-0.3, -0.25) is 9.59 Å². The van der Waals surface area contributed by atoms with Crippen LogP contribution >= 0.6 is 0 Å². The third kappa shape index (κ3) is 4.88. The van der Waals surface area contributed by atoms with E-state index in [1.807, 2.05) is 19.1 Å². The maximum Gasteiger partial charge on any atom is 0.150 e. The highest BCUT2D eigenvalue weighted by molar-refractivity contribution is 5.89. The number of aldehydes is 2. The van der Waals surface area contributed by atoms with Crippen molar-refractivity contribution in [3.8, 4) is 5.75 Å². The molecule has 0 saturated heterocycles. The van der Waals surface area contributed by atoms with E-state index in [1.54, 1.807) is 30.3 Å². The van der Waals surface area contributed by atoms with Gasteiger partial charge in [-0.2, -0.15) is 0 Å². The van der Waals surface area contributed by atoms with Crippen LogP contribution in [0.3, 0.4) is 0 Å². The lowest BCUT2D eigenvalue weighted by molar-refractivity contribution is 0.109. The average molecular weight is 284 g/mol. The van der Waals surface area contributed by atoms with Gasteiger partial charge < -0.3 is 5.11 Å². The zero-order chi connectivity index (χ0) is 15.8. The molecule has 0 amide bonds. The minimum atomic E-state index is 0.399. The van der Waals surface area contributed by atoms with Gasteiger partial charge in [-0.05, 0) is 30.0 Å². The Labute approximate surface area is 125 Å². The SMILES string of the molecule is Cc1ccc(C(C)C)c(O)c1.O=Cc1ccccc1C=O. The number of phenols is 1. The summed E-state index contributed by atoms with van der Waals surface area (Å²) in [5, 5.41) is 9.46. The Balaban J connectivity index is 0.000000211. The minimum absolute atomic E-state index is 0.399. The second-order valence-electron chi connectivity index (χ2n) is 5.08. The number of aryl methyl sites for hydroxylation is 1. The van der Waals surface area contributed by atoms with Crippen molar-refractivity contribution in [3.05, 3.63) is 64.7 Å². The van der Waals surface area contributed by atoms with E-state index in [2.05, 4.69) is 13.8 Å². The molecule has 2 aromatic rings. The van der Waals surface area contributed by atoms with Crippen LogP contribution in [-0.4, -0.2) is 17.7 Å². The summed E-state index contributed by atoms with van der Waals surface area (Å²) in [4.78, 5) is 20.5. The van der Waals surface area contributed by atoms with Gasteiger partial charge in [0.25, 0.3) is 0 Å². The predicted molar refractivity (Wildman–Crippen MR) is 84.1 cm³/mol. The molecule has 0 aliphatic carbocycles. The third-order valence-corrected chi connectivity index (χ3v) is 3.06. The Morgan fingerprint density at radius 1 is 0.952 bits per heavy atom. The Morgan fingerprint density at radius 3 is 1.86 bits per heavy atom. The van der Waals surface area contributed by atoms with Gasteiger partial charge in [0.2, 0.25) is 0 Å². The number of carbonyl (C=O) groups is 2.